The predicted molar refractivity (Wildman–Crippen MR) is 48.9 cm³/mol. The minimum absolute atomic E-state index is 0.0352. The van der Waals surface area contributed by atoms with Crippen LogP contribution in [0, 0.1) is 22.5 Å². The highest BCUT2D eigenvalue weighted by molar-refractivity contribution is 5.36. The largest absolute Gasteiger partial charge is 0.314 e. The fraction of sp³-hybridized carbons (Fsp3) is 0.111. The van der Waals surface area contributed by atoms with Gasteiger partial charge in [0.1, 0.15) is 0 Å². The molecule has 0 heterocycles. The van der Waals surface area contributed by atoms with Crippen LogP contribution >= 0.6 is 0 Å². The fourth-order valence-corrected chi connectivity index (χ4v) is 0.900. The highest BCUT2D eigenvalue weighted by Gasteiger charge is 2.06. The van der Waals surface area contributed by atoms with E-state index < -0.39 is 11.0 Å². The lowest BCUT2D eigenvalue weighted by Crippen LogP contribution is -2.06. The molecule has 0 spiro atoms. The van der Waals surface area contributed by atoms with Crippen molar-refractivity contribution >= 4 is 5.69 Å². The molecule has 0 radical (unpaired) electrons. The lowest BCUT2D eigenvalue weighted by atomic mass is 10.1. The quantitative estimate of drug-likeness (QED) is 0.418. The van der Waals surface area contributed by atoms with Crippen molar-refractivity contribution in [2.45, 2.75) is 6.04 Å². The second-order valence-corrected chi connectivity index (χ2v) is 2.49. The van der Waals surface area contributed by atoms with Gasteiger partial charge in [-0.15, -0.1) is 6.42 Å². The molecule has 0 aliphatic carbocycles. The van der Waals surface area contributed by atoms with Gasteiger partial charge in [-0.1, -0.05) is 5.92 Å². The third kappa shape index (κ3) is 2.04. The van der Waals surface area contributed by atoms with Gasteiger partial charge in [0.25, 0.3) is 5.69 Å². The molecule has 0 unspecified atom stereocenters. The van der Waals surface area contributed by atoms with E-state index in [1.54, 1.807) is 12.1 Å². The first kappa shape index (κ1) is 9.23. The zero-order valence-corrected chi connectivity index (χ0v) is 6.81. The number of hydrogen-bond acceptors (Lipinski definition) is 3. The van der Waals surface area contributed by atoms with Crippen LogP contribution in [0.3, 0.4) is 0 Å². The summed E-state index contributed by atoms with van der Waals surface area (Å²) in [5.74, 6) is 2.34. The molecule has 0 saturated heterocycles. The number of benzene rings is 1. The van der Waals surface area contributed by atoms with Crippen LogP contribution in [0.5, 0.6) is 0 Å². The van der Waals surface area contributed by atoms with Gasteiger partial charge >= 0.3 is 0 Å². The number of non-ortho nitro benzene ring substituents is 1. The van der Waals surface area contributed by atoms with Crippen molar-refractivity contribution in [3.8, 4) is 12.3 Å². The Hall–Kier alpha value is -1.86. The molecule has 1 aromatic carbocycles. The summed E-state index contributed by atoms with van der Waals surface area (Å²) >= 11 is 0. The Bertz CT molecular complexity index is 351. The first-order valence-electron chi connectivity index (χ1n) is 3.61. The van der Waals surface area contributed by atoms with Crippen LogP contribution in [0.15, 0.2) is 24.3 Å². The smallest absolute Gasteiger partial charge is 0.269 e. The third-order valence-electron chi connectivity index (χ3n) is 1.64. The molecule has 1 aromatic rings. The van der Waals surface area contributed by atoms with Crippen molar-refractivity contribution < 1.29 is 4.92 Å². The first-order valence-corrected chi connectivity index (χ1v) is 3.61. The minimum atomic E-state index is -0.499. The average molecular weight is 176 g/mol. The van der Waals surface area contributed by atoms with Crippen molar-refractivity contribution in [1.82, 2.24) is 0 Å². The van der Waals surface area contributed by atoms with E-state index in [0.29, 0.717) is 5.56 Å². The Morgan fingerprint density at radius 1 is 1.46 bits per heavy atom. The summed E-state index contributed by atoms with van der Waals surface area (Å²) < 4.78 is 0. The van der Waals surface area contributed by atoms with Crippen LogP contribution in [0.1, 0.15) is 11.6 Å². The molecule has 66 valence electrons. The number of nitro groups is 1. The van der Waals surface area contributed by atoms with Gasteiger partial charge < -0.3 is 5.73 Å². The fourth-order valence-electron chi connectivity index (χ4n) is 0.900. The summed E-state index contributed by atoms with van der Waals surface area (Å²) in [5.41, 5.74) is 6.25. The molecule has 2 N–H and O–H groups in total. The molecule has 4 nitrogen and oxygen atoms in total. The summed E-state index contributed by atoms with van der Waals surface area (Å²) in [6.07, 6.45) is 5.09. The van der Waals surface area contributed by atoms with E-state index in [1.165, 1.54) is 12.1 Å². The predicted octanol–water partition coefficient (Wildman–Crippen LogP) is 1.23. The highest BCUT2D eigenvalue weighted by Crippen LogP contribution is 2.15. The number of nitrogens with zero attached hydrogens (tertiary/aromatic N) is 1. The van der Waals surface area contributed by atoms with E-state index in [2.05, 4.69) is 5.92 Å². The van der Waals surface area contributed by atoms with E-state index in [-0.39, 0.29) is 5.69 Å². The van der Waals surface area contributed by atoms with E-state index >= 15 is 0 Å². The van der Waals surface area contributed by atoms with Gasteiger partial charge in [-0.2, -0.15) is 0 Å². The number of rotatable bonds is 2. The Balaban J connectivity index is 2.95. The van der Waals surface area contributed by atoms with E-state index in [9.17, 15) is 10.1 Å². The molecule has 4 heteroatoms. The van der Waals surface area contributed by atoms with Gasteiger partial charge in [-0.3, -0.25) is 10.1 Å². The van der Waals surface area contributed by atoms with Crippen LogP contribution in [0.25, 0.3) is 0 Å². The van der Waals surface area contributed by atoms with Gasteiger partial charge in [0.2, 0.25) is 0 Å². The maximum atomic E-state index is 10.3. The Labute approximate surface area is 75.5 Å². The van der Waals surface area contributed by atoms with Crippen molar-refractivity contribution in [2.24, 2.45) is 5.73 Å². The lowest BCUT2D eigenvalue weighted by Gasteiger charge is -2.02. The van der Waals surface area contributed by atoms with Crippen LogP contribution in [-0.4, -0.2) is 4.92 Å². The molecular formula is C9H8N2O2. The SMILES string of the molecule is C#C[C@@H](N)c1ccc([N+](=O)[O-])cc1. The van der Waals surface area contributed by atoms with Gasteiger partial charge in [0, 0.05) is 12.1 Å². The standard InChI is InChI=1S/C9H8N2O2/c1-2-9(10)7-3-5-8(6-4-7)11(12)13/h1,3-6,9H,10H2/t9-/m1/s1. The first-order chi connectivity index (χ1) is 6.15. The van der Waals surface area contributed by atoms with Crippen LogP contribution in [0.2, 0.25) is 0 Å². The average Bonchev–Trinajstić information content (AvgIpc) is 2.17. The second kappa shape index (κ2) is 3.70. The van der Waals surface area contributed by atoms with Crippen molar-refractivity contribution in [3.63, 3.8) is 0 Å². The molecule has 0 aliphatic rings. The van der Waals surface area contributed by atoms with E-state index in [4.69, 9.17) is 12.2 Å². The Morgan fingerprint density at radius 2 is 2.00 bits per heavy atom. The van der Waals surface area contributed by atoms with Crippen molar-refractivity contribution in [3.05, 3.63) is 39.9 Å². The normalized spacial score (nSPS) is 11.7. The van der Waals surface area contributed by atoms with Gasteiger partial charge in [-0.25, -0.2) is 0 Å². The highest BCUT2D eigenvalue weighted by atomic mass is 16.6. The molecule has 13 heavy (non-hydrogen) atoms. The number of nitro benzene ring substituents is 1. The molecule has 1 rings (SSSR count). The number of terminal acetylenes is 1. The molecule has 1 atom stereocenters. The molecule has 0 bridgehead atoms. The van der Waals surface area contributed by atoms with Crippen LogP contribution in [-0.2, 0) is 0 Å². The zero-order valence-electron chi connectivity index (χ0n) is 6.81. The van der Waals surface area contributed by atoms with Gasteiger partial charge in [0.05, 0.1) is 11.0 Å². The van der Waals surface area contributed by atoms with Gasteiger partial charge in [0.15, 0.2) is 0 Å². The van der Waals surface area contributed by atoms with Crippen molar-refractivity contribution in [2.75, 3.05) is 0 Å². The molecule has 0 aliphatic heterocycles. The topological polar surface area (TPSA) is 69.2 Å². The molecular weight excluding hydrogens is 168 g/mol. The monoisotopic (exact) mass is 176 g/mol. The summed E-state index contributed by atoms with van der Waals surface area (Å²) in [4.78, 5) is 9.82. The number of hydrogen-bond donors (Lipinski definition) is 1. The van der Waals surface area contributed by atoms with Gasteiger partial charge in [-0.05, 0) is 17.7 Å². The Kier molecular flexibility index (Phi) is 2.62. The summed E-state index contributed by atoms with van der Waals surface area (Å²) in [5, 5.41) is 10.3. The summed E-state index contributed by atoms with van der Waals surface area (Å²) in [6, 6.07) is 5.38. The third-order valence-corrected chi connectivity index (χ3v) is 1.64. The second-order valence-electron chi connectivity index (χ2n) is 2.49. The molecule has 0 amide bonds. The van der Waals surface area contributed by atoms with Crippen LogP contribution in [0.4, 0.5) is 5.69 Å². The maximum Gasteiger partial charge on any atom is 0.269 e. The van der Waals surface area contributed by atoms with E-state index in [0.717, 1.165) is 0 Å². The molecule has 0 saturated carbocycles. The lowest BCUT2D eigenvalue weighted by molar-refractivity contribution is -0.384. The Morgan fingerprint density at radius 3 is 2.38 bits per heavy atom. The molecule has 0 fully saturated rings. The number of nitrogens with two attached hydrogens (primary N) is 1. The minimum Gasteiger partial charge on any atom is -0.314 e. The zero-order chi connectivity index (χ0) is 9.84. The molecule has 0 aromatic heterocycles. The van der Waals surface area contributed by atoms with E-state index in [1.807, 2.05) is 0 Å². The van der Waals surface area contributed by atoms with Crippen molar-refractivity contribution in [1.29, 1.82) is 0 Å². The summed E-state index contributed by atoms with van der Waals surface area (Å²) in [7, 11) is 0. The summed E-state index contributed by atoms with van der Waals surface area (Å²) in [6.45, 7) is 0. The van der Waals surface area contributed by atoms with Crippen LogP contribution < -0.4 is 5.73 Å². The maximum absolute atomic E-state index is 10.3.